The summed E-state index contributed by atoms with van der Waals surface area (Å²) in [5, 5.41) is 1.46. The smallest absolute Gasteiger partial charge is 0.148 e. The van der Waals surface area contributed by atoms with Crippen molar-refractivity contribution in [2.75, 3.05) is 9.80 Å². The highest BCUT2D eigenvalue weighted by Gasteiger charge is 2.48. The van der Waals surface area contributed by atoms with Crippen molar-refractivity contribution < 1.29 is 4.39 Å². The molecule has 0 aliphatic heterocycles. The Morgan fingerprint density at radius 3 is 1.33 bits per heavy atom. The van der Waals surface area contributed by atoms with Gasteiger partial charge in [-0.2, -0.15) is 0 Å². The molecular formula is C61H53FN2SSi. The zero-order valence-corrected chi connectivity index (χ0v) is 40.5. The first-order chi connectivity index (χ1) is 31.8. The third-order valence-corrected chi connectivity index (χ3v) is 17.3. The van der Waals surface area contributed by atoms with Crippen LogP contribution in [0, 0.1) is 5.82 Å². The number of hydrogen-bond acceptors (Lipinski definition) is 3. The fourth-order valence-electron chi connectivity index (χ4n) is 10.6. The Labute approximate surface area is 394 Å². The number of anilines is 6. The van der Waals surface area contributed by atoms with Gasteiger partial charge in [0.2, 0.25) is 0 Å². The molecule has 5 heteroatoms. The van der Waals surface area contributed by atoms with Crippen molar-refractivity contribution in [3.63, 3.8) is 0 Å². The Morgan fingerprint density at radius 2 is 0.833 bits per heavy atom. The standard InChI is InChI=1S/C61H53FN2SSi/c1-60(2)52-38-46(63(43-24-16-10-17-25-43)45-28-32-48(33-29-45)66(5,6)7)30-34-49(52)58-55(60)56-59(65-58)50-35-31-47(39-53(50)61(56,3)4)64(44-26-18-11-19-27-44)57-51(41-22-14-9-15-23-41)36-42(37-54(57)62)40-20-12-8-13-21-40/h8-39H,1-7H3. The van der Waals surface area contributed by atoms with Gasteiger partial charge in [-0.05, 0) is 123 Å². The van der Waals surface area contributed by atoms with Crippen molar-refractivity contribution in [3.8, 4) is 43.1 Å². The first-order valence-electron chi connectivity index (χ1n) is 23.0. The molecule has 66 heavy (non-hydrogen) atoms. The summed E-state index contributed by atoms with van der Waals surface area (Å²) in [4.78, 5) is 7.25. The number of benzene rings is 8. The zero-order chi connectivity index (χ0) is 45.5. The second-order valence-electron chi connectivity index (χ2n) is 19.9. The molecule has 0 amide bonds. The molecule has 0 radical (unpaired) electrons. The SMILES string of the molecule is CC1(C)c2cc(N(c3ccccc3)c3ccc([Si](C)(C)C)cc3)ccc2-c2sc3c(c21)C(C)(C)c1cc(N(c2ccccc2)c2c(F)cc(-c4ccccc4)cc2-c2ccccc2)ccc1-3. The Hall–Kier alpha value is -6.79. The maximum atomic E-state index is 17.3. The molecule has 0 spiro atoms. The van der Waals surface area contributed by atoms with E-state index in [-0.39, 0.29) is 16.6 Å². The number of thiophene rings is 1. The normalized spacial score (nSPS) is 14.0. The van der Waals surface area contributed by atoms with Crippen molar-refractivity contribution in [3.05, 3.63) is 222 Å². The third-order valence-electron chi connectivity index (χ3n) is 14.0. The van der Waals surface area contributed by atoms with Crippen LogP contribution in [-0.2, 0) is 10.8 Å². The van der Waals surface area contributed by atoms with Crippen molar-refractivity contribution >= 4 is 58.7 Å². The Bertz CT molecular complexity index is 3280. The van der Waals surface area contributed by atoms with E-state index in [9.17, 15) is 0 Å². The van der Waals surface area contributed by atoms with Crippen LogP contribution in [0.4, 0.5) is 38.5 Å². The van der Waals surface area contributed by atoms with Crippen LogP contribution in [0.25, 0.3) is 43.1 Å². The van der Waals surface area contributed by atoms with E-state index in [0.717, 1.165) is 50.7 Å². The minimum Gasteiger partial charge on any atom is -0.310 e. The molecule has 11 rings (SSSR count). The molecule has 0 bridgehead atoms. The second-order valence-corrected chi connectivity index (χ2v) is 26.0. The lowest BCUT2D eigenvalue weighted by molar-refractivity contribution is 0.603. The minimum atomic E-state index is -1.46. The van der Waals surface area contributed by atoms with Gasteiger partial charge >= 0.3 is 0 Å². The van der Waals surface area contributed by atoms with Gasteiger partial charge in [0.25, 0.3) is 0 Å². The largest absolute Gasteiger partial charge is 0.310 e. The maximum Gasteiger partial charge on any atom is 0.148 e. The summed E-state index contributed by atoms with van der Waals surface area (Å²) in [6, 6.07) is 68.4. The highest BCUT2D eigenvalue weighted by Crippen LogP contribution is 2.64. The summed E-state index contributed by atoms with van der Waals surface area (Å²) in [5.74, 6) is -0.274. The van der Waals surface area contributed by atoms with Crippen molar-refractivity contribution in [2.24, 2.45) is 0 Å². The number of halogens is 1. The second kappa shape index (κ2) is 15.7. The van der Waals surface area contributed by atoms with E-state index in [0.29, 0.717) is 5.69 Å². The average Bonchev–Trinajstić information content (AvgIpc) is 3.91. The van der Waals surface area contributed by atoms with Crippen molar-refractivity contribution in [1.82, 2.24) is 0 Å². The molecule has 0 saturated heterocycles. The number of hydrogen-bond donors (Lipinski definition) is 0. The topological polar surface area (TPSA) is 6.48 Å². The first kappa shape index (κ1) is 41.9. The highest BCUT2D eigenvalue weighted by molar-refractivity contribution is 7.19. The van der Waals surface area contributed by atoms with Gasteiger partial charge in [-0.25, -0.2) is 4.39 Å². The Morgan fingerprint density at radius 1 is 0.409 bits per heavy atom. The lowest BCUT2D eigenvalue weighted by Gasteiger charge is -2.32. The summed E-state index contributed by atoms with van der Waals surface area (Å²) in [6.45, 7) is 16.8. The molecule has 0 atom stereocenters. The molecule has 8 aromatic carbocycles. The molecule has 0 fully saturated rings. The van der Waals surface area contributed by atoms with Gasteiger partial charge in [0.1, 0.15) is 5.82 Å². The van der Waals surface area contributed by atoms with Crippen LogP contribution in [0.5, 0.6) is 0 Å². The van der Waals surface area contributed by atoms with Gasteiger partial charge in [-0.3, -0.25) is 0 Å². The molecule has 0 unspecified atom stereocenters. The van der Waals surface area contributed by atoms with E-state index in [1.807, 2.05) is 78.1 Å². The van der Waals surface area contributed by atoms with E-state index < -0.39 is 8.07 Å². The predicted molar refractivity (Wildman–Crippen MR) is 283 cm³/mol. The Kier molecular flexibility index (Phi) is 9.95. The molecule has 0 saturated carbocycles. The van der Waals surface area contributed by atoms with Gasteiger partial charge in [-0.15, -0.1) is 11.3 Å². The maximum absolute atomic E-state index is 17.3. The molecular weight excluding hydrogens is 840 g/mol. The van der Waals surface area contributed by atoms with Crippen LogP contribution >= 0.6 is 11.3 Å². The quantitative estimate of drug-likeness (QED) is 0.133. The van der Waals surface area contributed by atoms with Crippen LogP contribution in [0.2, 0.25) is 19.6 Å². The monoisotopic (exact) mass is 892 g/mol. The summed E-state index contributed by atoms with van der Waals surface area (Å²) >= 11 is 1.94. The average molecular weight is 893 g/mol. The number of fused-ring (bicyclic) bond motifs is 7. The highest BCUT2D eigenvalue weighted by atomic mass is 32.1. The van der Waals surface area contributed by atoms with Gasteiger partial charge in [0.15, 0.2) is 0 Å². The van der Waals surface area contributed by atoms with Gasteiger partial charge in [0.05, 0.1) is 13.8 Å². The number of nitrogens with zero attached hydrogens (tertiary/aromatic N) is 2. The fraction of sp³-hybridized carbons (Fsp3) is 0.148. The first-order valence-corrected chi connectivity index (χ1v) is 27.4. The lowest BCUT2D eigenvalue weighted by Crippen LogP contribution is -2.37. The van der Waals surface area contributed by atoms with Crippen molar-refractivity contribution in [2.45, 2.75) is 58.2 Å². The number of para-hydroxylation sites is 2. The molecule has 0 N–H and O–H groups in total. The fourth-order valence-corrected chi connectivity index (χ4v) is 13.5. The molecule has 9 aromatic rings. The molecule has 2 aliphatic carbocycles. The summed E-state index contributed by atoms with van der Waals surface area (Å²) < 4.78 is 17.3. The molecule has 1 aromatic heterocycles. The molecule has 1 heterocycles. The van der Waals surface area contributed by atoms with Gasteiger partial charge in [0, 0.05) is 54.6 Å². The summed E-state index contributed by atoms with van der Waals surface area (Å²) in [6.07, 6.45) is 0. The third kappa shape index (κ3) is 6.79. The van der Waals surface area contributed by atoms with E-state index in [4.69, 9.17) is 0 Å². The summed E-state index contributed by atoms with van der Waals surface area (Å²) in [7, 11) is -1.46. The van der Waals surface area contributed by atoms with E-state index in [2.05, 4.69) is 178 Å². The molecule has 324 valence electrons. The van der Waals surface area contributed by atoms with Crippen LogP contribution in [0.3, 0.4) is 0 Å². The van der Waals surface area contributed by atoms with Gasteiger partial charge in [-0.1, -0.05) is 174 Å². The zero-order valence-electron chi connectivity index (χ0n) is 38.7. The van der Waals surface area contributed by atoms with Crippen LogP contribution in [0.15, 0.2) is 194 Å². The summed E-state index contributed by atoms with van der Waals surface area (Å²) in [5.41, 5.74) is 16.9. The van der Waals surface area contributed by atoms with Crippen LogP contribution in [0.1, 0.15) is 49.9 Å². The van der Waals surface area contributed by atoms with Crippen LogP contribution in [-0.4, -0.2) is 8.07 Å². The molecule has 2 nitrogen and oxygen atoms in total. The lowest BCUT2D eigenvalue weighted by atomic mass is 9.74. The van der Waals surface area contributed by atoms with Crippen LogP contribution < -0.4 is 15.0 Å². The predicted octanol–water partition coefficient (Wildman–Crippen LogP) is 17.3. The molecule has 2 aliphatic rings. The Balaban J connectivity index is 1.02. The van der Waals surface area contributed by atoms with Crippen molar-refractivity contribution in [1.29, 1.82) is 0 Å². The van der Waals surface area contributed by atoms with E-state index in [1.54, 1.807) is 6.07 Å². The number of rotatable bonds is 9. The van der Waals surface area contributed by atoms with E-state index >= 15 is 4.39 Å². The van der Waals surface area contributed by atoms with E-state index in [1.165, 1.54) is 48.3 Å². The minimum absolute atomic E-state index is 0.249. The van der Waals surface area contributed by atoms with Gasteiger partial charge < -0.3 is 9.80 Å².